The molecule has 1 amide bonds. The van der Waals surface area contributed by atoms with Crippen LogP contribution in [-0.2, 0) is 0 Å². The van der Waals surface area contributed by atoms with Crippen molar-refractivity contribution in [1.82, 2.24) is 15.2 Å². The summed E-state index contributed by atoms with van der Waals surface area (Å²) in [6, 6.07) is 13.9. The van der Waals surface area contributed by atoms with Gasteiger partial charge < -0.3 is 10.2 Å². The Balaban J connectivity index is 1.48. The summed E-state index contributed by atoms with van der Waals surface area (Å²) in [4.78, 5) is 19.1. The molecular formula is C21H27N3O. The van der Waals surface area contributed by atoms with Crippen molar-refractivity contribution in [3.8, 4) is 11.1 Å². The molecule has 0 spiro atoms. The minimum Gasteiger partial charge on any atom is -0.351 e. The molecule has 132 valence electrons. The fraction of sp³-hybridized carbons (Fsp3) is 0.429. The summed E-state index contributed by atoms with van der Waals surface area (Å²) in [5.41, 5.74) is 2.60. The Bertz CT molecular complexity index is 664. The number of carbonyl (C=O) groups is 1. The Labute approximate surface area is 150 Å². The van der Waals surface area contributed by atoms with Crippen molar-refractivity contribution in [2.24, 2.45) is 0 Å². The van der Waals surface area contributed by atoms with E-state index in [0.29, 0.717) is 12.2 Å². The first kappa shape index (κ1) is 17.6. The minimum atomic E-state index is -0.0892. The zero-order valence-corrected chi connectivity index (χ0v) is 14.8. The van der Waals surface area contributed by atoms with E-state index in [9.17, 15) is 4.79 Å². The molecule has 0 atom stereocenters. The van der Waals surface area contributed by atoms with E-state index in [-0.39, 0.29) is 5.91 Å². The second-order valence-corrected chi connectivity index (χ2v) is 6.66. The van der Waals surface area contributed by atoms with Crippen molar-refractivity contribution in [3.05, 3.63) is 54.4 Å². The summed E-state index contributed by atoms with van der Waals surface area (Å²) >= 11 is 0. The fourth-order valence-electron chi connectivity index (χ4n) is 3.32. The fourth-order valence-corrected chi connectivity index (χ4v) is 3.32. The van der Waals surface area contributed by atoms with Crippen LogP contribution in [0.2, 0.25) is 0 Å². The Morgan fingerprint density at radius 2 is 1.76 bits per heavy atom. The highest BCUT2D eigenvalue weighted by molar-refractivity contribution is 5.93. The number of pyridine rings is 1. The molecule has 1 saturated heterocycles. The second-order valence-electron chi connectivity index (χ2n) is 6.66. The van der Waals surface area contributed by atoms with Gasteiger partial charge in [-0.15, -0.1) is 0 Å². The molecule has 1 N–H and O–H groups in total. The summed E-state index contributed by atoms with van der Waals surface area (Å²) in [5.74, 6) is -0.0892. The van der Waals surface area contributed by atoms with Crippen molar-refractivity contribution in [2.75, 3.05) is 26.2 Å². The monoisotopic (exact) mass is 337 g/mol. The van der Waals surface area contributed by atoms with E-state index in [4.69, 9.17) is 0 Å². The van der Waals surface area contributed by atoms with E-state index >= 15 is 0 Å². The van der Waals surface area contributed by atoms with Gasteiger partial charge in [-0.1, -0.05) is 43.2 Å². The van der Waals surface area contributed by atoms with Gasteiger partial charge in [0.05, 0.1) is 0 Å². The molecule has 2 heterocycles. The molecule has 0 saturated carbocycles. The highest BCUT2D eigenvalue weighted by Gasteiger charge is 2.10. The zero-order valence-electron chi connectivity index (χ0n) is 14.8. The molecule has 1 aromatic carbocycles. The molecule has 0 aliphatic carbocycles. The van der Waals surface area contributed by atoms with E-state index in [1.165, 1.54) is 38.8 Å². The van der Waals surface area contributed by atoms with Crippen LogP contribution in [0, 0.1) is 0 Å². The quantitative estimate of drug-likeness (QED) is 0.817. The number of rotatable bonds is 6. The van der Waals surface area contributed by atoms with Crippen LogP contribution in [0.4, 0.5) is 0 Å². The lowest BCUT2D eigenvalue weighted by Crippen LogP contribution is -2.31. The average Bonchev–Trinajstić information content (AvgIpc) is 2.95. The molecule has 4 heteroatoms. The molecule has 0 bridgehead atoms. The number of aromatic nitrogens is 1. The van der Waals surface area contributed by atoms with Crippen LogP contribution in [0.1, 0.15) is 42.6 Å². The molecule has 1 fully saturated rings. The summed E-state index contributed by atoms with van der Waals surface area (Å²) in [6.07, 6.45) is 8.02. The van der Waals surface area contributed by atoms with Gasteiger partial charge in [0.2, 0.25) is 0 Å². The molecule has 1 aliphatic heterocycles. The van der Waals surface area contributed by atoms with Crippen molar-refractivity contribution in [1.29, 1.82) is 0 Å². The molecule has 25 heavy (non-hydrogen) atoms. The maximum absolute atomic E-state index is 12.3. The predicted molar refractivity (Wildman–Crippen MR) is 102 cm³/mol. The van der Waals surface area contributed by atoms with Gasteiger partial charge in [0.15, 0.2) is 0 Å². The number of hydrogen-bond donors (Lipinski definition) is 1. The van der Waals surface area contributed by atoms with Crippen molar-refractivity contribution in [2.45, 2.75) is 32.1 Å². The largest absolute Gasteiger partial charge is 0.351 e. The van der Waals surface area contributed by atoms with Crippen LogP contribution in [0.5, 0.6) is 0 Å². The lowest BCUT2D eigenvalue weighted by atomic mass is 10.1. The number of nitrogens with one attached hydrogen (secondary N) is 1. The van der Waals surface area contributed by atoms with Crippen LogP contribution in [-0.4, -0.2) is 42.0 Å². The first-order valence-corrected chi connectivity index (χ1v) is 9.35. The van der Waals surface area contributed by atoms with E-state index in [0.717, 1.165) is 24.1 Å². The van der Waals surface area contributed by atoms with Gasteiger partial charge in [-0.2, -0.15) is 0 Å². The summed E-state index contributed by atoms with van der Waals surface area (Å²) in [5, 5.41) is 3.00. The lowest BCUT2D eigenvalue weighted by Gasteiger charge is -2.19. The van der Waals surface area contributed by atoms with Crippen LogP contribution in [0.3, 0.4) is 0 Å². The van der Waals surface area contributed by atoms with Gasteiger partial charge in [0, 0.05) is 12.7 Å². The topological polar surface area (TPSA) is 45.2 Å². The van der Waals surface area contributed by atoms with Crippen molar-refractivity contribution in [3.63, 3.8) is 0 Å². The first-order valence-electron chi connectivity index (χ1n) is 9.35. The van der Waals surface area contributed by atoms with Gasteiger partial charge >= 0.3 is 0 Å². The van der Waals surface area contributed by atoms with Gasteiger partial charge in [-0.25, -0.2) is 0 Å². The Morgan fingerprint density at radius 1 is 1.00 bits per heavy atom. The molecule has 3 rings (SSSR count). The molecule has 1 aliphatic rings. The van der Waals surface area contributed by atoms with Gasteiger partial charge in [0.25, 0.3) is 5.91 Å². The van der Waals surface area contributed by atoms with Crippen molar-refractivity contribution < 1.29 is 4.79 Å². The van der Waals surface area contributed by atoms with Crippen LogP contribution >= 0.6 is 0 Å². The highest BCUT2D eigenvalue weighted by Crippen LogP contribution is 2.18. The minimum absolute atomic E-state index is 0.0892. The predicted octanol–water partition coefficient (Wildman–Crippen LogP) is 3.74. The number of amides is 1. The number of likely N-dealkylation sites (tertiary alicyclic amines) is 1. The van der Waals surface area contributed by atoms with Crippen LogP contribution in [0.25, 0.3) is 11.1 Å². The van der Waals surface area contributed by atoms with Gasteiger partial charge in [0.1, 0.15) is 5.69 Å². The Kier molecular flexibility index (Phi) is 6.57. The van der Waals surface area contributed by atoms with E-state index in [1.807, 2.05) is 42.5 Å². The number of carbonyl (C=O) groups excluding carboxylic acids is 1. The standard InChI is InChI=1S/C21H27N3O/c25-21(23-12-8-16-24-14-6-1-2-7-15-24)20-17-19(11-13-22-20)18-9-4-3-5-10-18/h3-5,9-11,13,17H,1-2,6-8,12,14-16H2,(H,23,25). The molecular weight excluding hydrogens is 310 g/mol. The third kappa shape index (κ3) is 5.40. The summed E-state index contributed by atoms with van der Waals surface area (Å²) in [6.45, 7) is 4.17. The molecule has 1 aromatic heterocycles. The van der Waals surface area contributed by atoms with E-state index < -0.39 is 0 Å². The SMILES string of the molecule is O=C(NCCCN1CCCCCC1)c1cc(-c2ccccc2)ccn1. The molecule has 4 nitrogen and oxygen atoms in total. The molecule has 2 aromatic rings. The lowest BCUT2D eigenvalue weighted by molar-refractivity contribution is 0.0946. The maximum Gasteiger partial charge on any atom is 0.269 e. The van der Waals surface area contributed by atoms with E-state index in [2.05, 4.69) is 15.2 Å². The first-order chi connectivity index (χ1) is 12.3. The van der Waals surface area contributed by atoms with Crippen molar-refractivity contribution >= 4 is 5.91 Å². The van der Waals surface area contributed by atoms with Gasteiger partial charge in [-0.05, 0) is 62.2 Å². The number of benzene rings is 1. The third-order valence-electron chi connectivity index (χ3n) is 4.74. The second kappa shape index (κ2) is 9.33. The van der Waals surface area contributed by atoms with E-state index in [1.54, 1.807) is 6.20 Å². The smallest absolute Gasteiger partial charge is 0.269 e. The Morgan fingerprint density at radius 3 is 2.52 bits per heavy atom. The van der Waals surface area contributed by atoms with Crippen LogP contribution < -0.4 is 5.32 Å². The molecule has 0 radical (unpaired) electrons. The Hall–Kier alpha value is -2.20. The third-order valence-corrected chi connectivity index (χ3v) is 4.74. The normalized spacial score (nSPS) is 15.5. The number of nitrogens with zero attached hydrogens (tertiary/aromatic N) is 2. The summed E-state index contributed by atoms with van der Waals surface area (Å²) < 4.78 is 0. The van der Waals surface area contributed by atoms with Gasteiger partial charge in [-0.3, -0.25) is 9.78 Å². The summed E-state index contributed by atoms with van der Waals surface area (Å²) in [7, 11) is 0. The molecule has 0 unspecified atom stereocenters. The number of hydrogen-bond acceptors (Lipinski definition) is 3. The maximum atomic E-state index is 12.3. The highest BCUT2D eigenvalue weighted by atomic mass is 16.1. The van der Waals surface area contributed by atoms with Crippen LogP contribution in [0.15, 0.2) is 48.7 Å². The average molecular weight is 337 g/mol. The zero-order chi connectivity index (χ0) is 17.3.